The van der Waals surface area contributed by atoms with E-state index < -0.39 is 56.8 Å². The van der Waals surface area contributed by atoms with Crippen LogP contribution in [0.1, 0.15) is 0 Å². The number of hydrogen-bond acceptors (Lipinski definition) is 12. The topological polar surface area (TPSA) is 219 Å². The number of furan rings is 1. The fraction of sp³-hybridized carbons (Fsp3) is 0. The standard InChI is InChI=1S/C39H24N4O9/c44-29-25-26-28(32(47)36(51)34(49)30(26)45)43(27(25)31(46)35(50)33(29)48)21-12-7-13-22-24(21)20-15-14-19(16-23(20)52-22)39-41-37(17-8-3-1-4-9-17)40-38(42-39)18-10-5-2-6-11-18/h1-16,44-51H. The summed E-state index contributed by atoms with van der Waals surface area (Å²) >= 11 is 0. The molecule has 0 unspecified atom stereocenters. The number of aromatic nitrogens is 4. The molecule has 3 aromatic heterocycles. The lowest BCUT2D eigenvalue weighted by atomic mass is 10.1. The molecule has 9 aromatic rings. The Kier molecular flexibility index (Phi) is 6.38. The van der Waals surface area contributed by atoms with Gasteiger partial charge in [0.1, 0.15) is 22.2 Å². The average molecular weight is 693 g/mol. The lowest BCUT2D eigenvalue weighted by Gasteiger charge is -2.13. The zero-order valence-electron chi connectivity index (χ0n) is 26.5. The first-order valence-electron chi connectivity index (χ1n) is 15.8. The summed E-state index contributed by atoms with van der Waals surface area (Å²) in [5.41, 5.74) is 2.38. The van der Waals surface area contributed by atoms with Gasteiger partial charge < -0.3 is 49.8 Å². The number of phenolic OH excluding ortho intramolecular Hbond substituents is 8. The van der Waals surface area contributed by atoms with Crippen LogP contribution in [0.25, 0.3) is 83.6 Å². The number of hydrogen-bond donors (Lipinski definition) is 8. The monoisotopic (exact) mass is 692 g/mol. The first kappa shape index (κ1) is 30.4. The molecule has 0 aliphatic rings. The first-order valence-corrected chi connectivity index (χ1v) is 15.8. The number of rotatable bonds is 4. The van der Waals surface area contributed by atoms with E-state index >= 15 is 0 Å². The van der Waals surface area contributed by atoms with Gasteiger partial charge in [-0.2, -0.15) is 0 Å². The van der Waals surface area contributed by atoms with Gasteiger partial charge in [0.25, 0.3) is 0 Å². The number of phenols is 8. The van der Waals surface area contributed by atoms with E-state index in [1.807, 2.05) is 60.7 Å². The molecule has 13 nitrogen and oxygen atoms in total. The van der Waals surface area contributed by atoms with Gasteiger partial charge in [-0.25, -0.2) is 15.0 Å². The summed E-state index contributed by atoms with van der Waals surface area (Å²) in [5, 5.41) is 86.3. The van der Waals surface area contributed by atoms with E-state index in [9.17, 15) is 40.9 Å². The van der Waals surface area contributed by atoms with Crippen molar-refractivity contribution in [2.45, 2.75) is 0 Å². The maximum atomic E-state index is 11.2. The third-order valence-electron chi connectivity index (χ3n) is 9.11. The van der Waals surface area contributed by atoms with Crippen molar-refractivity contribution in [2.24, 2.45) is 0 Å². The van der Waals surface area contributed by atoms with E-state index in [1.165, 1.54) is 4.57 Å². The van der Waals surface area contributed by atoms with Gasteiger partial charge in [0, 0.05) is 22.1 Å². The molecular formula is C39H24N4O9. The Morgan fingerprint density at radius 3 is 1.40 bits per heavy atom. The van der Waals surface area contributed by atoms with Crippen molar-refractivity contribution in [1.29, 1.82) is 0 Å². The van der Waals surface area contributed by atoms with Crippen LogP contribution >= 0.6 is 0 Å². The second kappa shape index (κ2) is 10.9. The van der Waals surface area contributed by atoms with E-state index in [-0.39, 0.29) is 16.7 Å². The van der Waals surface area contributed by atoms with Gasteiger partial charge in [0.15, 0.2) is 40.5 Å². The van der Waals surface area contributed by atoms with E-state index in [0.29, 0.717) is 45.0 Å². The van der Waals surface area contributed by atoms with Gasteiger partial charge in [-0.1, -0.05) is 72.8 Å². The molecule has 8 N–H and O–H groups in total. The fourth-order valence-corrected chi connectivity index (χ4v) is 6.70. The third-order valence-corrected chi connectivity index (χ3v) is 9.11. The van der Waals surface area contributed by atoms with Crippen LogP contribution in [0.2, 0.25) is 0 Å². The molecule has 0 amide bonds. The fourth-order valence-electron chi connectivity index (χ4n) is 6.70. The smallest absolute Gasteiger partial charge is 0.206 e. The van der Waals surface area contributed by atoms with Crippen molar-refractivity contribution in [3.63, 3.8) is 0 Å². The minimum absolute atomic E-state index is 0.196. The highest BCUT2D eigenvalue weighted by Gasteiger charge is 2.33. The molecule has 0 aliphatic carbocycles. The summed E-state index contributed by atoms with van der Waals surface area (Å²) in [5.74, 6) is -6.86. The SMILES string of the molecule is Oc1c(O)c(O)c2c(c1O)c1c(O)c(O)c(O)c(O)c1n2-c1cccc2oc3cc(-c4nc(-c5ccccc5)nc(-c5ccccc5)n4)ccc3c12. The van der Waals surface area contributed by atoms with Crippen LogP contribution in [-0.4, -0.2) is 60.4 Å². The van der Waals surface area contributed by atoms with Gasteiger partial charge >= 0.3 is 0 Å². The van der Waals surface area contributed by atoms with Gasteiger partial charge in [-0.05, 0) is 24.3 Å². The van der Waals surface area contributed by atoms with Gasteiger partial charge in [0.2, 0.25) is 23.0 Å². The van der Waals surface area contributed by atoms with Gasteiger partial charge in [-0.3, -0.25) is 0 Å². The van der Waals surface area contributed by atoms with Crippen molar-refractivity contribution in [2.75, 3.05) is 0 Å². The molecule has 52 heavy (non-hydrogen) atoms. The predicted molar refractivity (Wildman–Crippen MR) is 191 cm³/mol. The summed E-state index contributed by atoms with van der Waals surface area (Å²) in [6.45, 7) is 0. The second-order valence-corrected chi connectivity index (χ2v) is 12.1. The van der Waals surface area contributed by atoms with Crippen LogP contribution in [0, 0.1) is 0 Å². The minimum atomic E-state index is -1.11. The van der Waals surface area contributed by atoms with Crippen molar-refractivity contribution in [3.05, 3.63) is 97.1 Å². The van der Waals surface area contributed by atoms with Crippen molar-refractivity contribution < 1.29 is 45.3 Å². The zero-order valence-corrected chi connectivity index (χ0v) is 26.5. The highest BCUT2D eigenvalue weighted by molar-refractivity contribution is 6.22. The molecule has 0 spiro atoms. The molecule has 0 fully saturated rings. The maximum Gasteiger partial charge on any atom is 0.206 e. The van der Waals surface area contributed by atoms with Crippen LogP contribution in [0.5, 0.6) is 46.0 Å². The molecule has 0 aliphatic heterocycles. The number of fused-ring (bicyclic) bond motifs is 6. The van der Waals surface area contributed by atoms with Crippen LogP contribution in [0.4, 0.5) is 0 Å². The second-order valence-electron chi connectivity index (χ2n) is 12.1. The Labute approximate surface area is 291 Å². The zero-order chi connectivity index (χ0) is 36.0. The van der Waals surface area contributed by atoms with E-state index in [2.05, 4.69) is 0 Å². The van der Waals surface area contributed by atoms with E-state index in [0.717, 1.165) is 11.1 Å². The maximum absolute atomic E-state index is 11.2. The Bertz CT molecular complexity index is 2810. The van der Waals surface area contributed by atoms with Crippen LogP contribution in [0.3, 0.4) is 0 Å². The highest BCUT2D eigenvalue weighted by atomic mass is 16.4. The van der Waals surface area contributed by atoms with Crippen molar-refractivity contribution >= 4 is 43.7 Å². The molecule has 0 radical (unpaired) electrons. The number of benzene rings is 6. The van der Waals surface area contributed by atoms with E-state index in [4.69, 9.17) is 19.4 Å². The van der Waals surface area contributed by atoms with Crippen molar-refractivity contribution in [1.82, 2.24) is 19.5 Å². The van der Waals surface area contributed by atoms with E-state index in [1.54, 1.807) is 36.4 Å². The molecule has 13 heteroatoms. The molecule has 9 rings (SSSR count). The van der Waals surface area contributed by atoms with Crippen LogP contribution < -0.4 is 0 Å². The van der Waals surface area contributed by atoms with Gasteiger partial charge in [0.05, 0.1) is 21.8 Å². The molecule has 254 valence electrons. The molecule has 0 saturated carbocycles. The minimum Gasteiger partial charge on any atom is -0.504 e. The lowest BCUT2D eigenvalue weighted by molar-refractivity contribution is 0.350. The summed E-state index contributed by atoms with van der Waals surface area (Å²) in [6.07, 6.45) is 0. The largest absolute Gasteiger partial charge is 0.504 e. The Balaban J connectivity index is 1.32. The Morgan fingerprint density at radius 2 is 0.885 bits per heavy atom. The molecule has 0 bridgehead atoms. The van der Waals surface area contributed by atoms with Crippen LogP contribution in [0.15, 0.2) is 101 Å². The summed E-state index contributed by atoms with van der Waals surface area (Å²) < 4.78 is 7.48. The first-order chi connectivity index (χ1) is 25.1. The average Bonchev–Trinajstić information content (AvgIpc) is 3.75. The molecule has 0 saturated heterocycles. The third kappa shape index (κ3) is 4.19. The molecule has 0 atom stereocenters. The summed E-state index contributed by atoms with van der Waals surface area (Å²) in [7, 11) is 0. The summed E-state index contributed by atoms with van der Waals surface area (Å²) in [6, 6.07) is 29.2. The van der Waals surface area contributed by atoms with Crippen molar-refractivity contribution in [3.8, 4) is 85.8 Å². The summed E-state index contributed by atoms with van der Waals surface area (Å²) in [4.78, 5) is 14.3. The molecular weight excluding hydrogens is 668 g/mol. The molecule has 3 heterocycles. The predicted octanol–water partition coefficient (Wildman–Crippen LogP) is 7.51. The quantitative estimate of drug-likeness (QED) is 0.0663. The number of aromatic hydroxyl groups is 8. The van der Waals surface area contributed by atoms with Crippen LogP contribution in [-0.2, 0) is 0 Å². The number of nitrogens with zero attached hydrogens (tertiary/aromatic N) is 4. The van der Waals surface area contributed by atoms with Gasteiger partial charge in [-0.15, -0.1) is 0 Å². The molecule has 6 aromatic carbocycles. The normalized spacial score (nSPS) is 11.7. The highest BCUT2D eigenvalue weighted by Crippen LogP contribution is 2.59. The Hall–Kier alpha value is -7.67. The Morgan fingerprint density at radius 1 is 0.404 bits per heavy atom. The lowest BCUT2D eigenvalue weighted by Crippen LogP contribution is -2.00.